The van der Waals surface area contributed by atoms with Crippen LogP contribution in [0.3, 0.4) is 0 Å². The normalized spacial score (nSPS) is 12.2. The molecular weight excluding hydrogens is 248 g/mol. The van der Waals surface area contributed by atoms with Gasteiger partial charge in [0, 0.05) is 12.2 Å². The Bertz CT molecular complexity index is 583. The molecular formula is C16H26N4. The van der Waals surface area contributed by atoms with Gasteiger partial charge in [-0.2, -0.15) is 0 Å². The van der Waals surface area contributed by atoms with E-state index >= 15 is 0 Å². The summed E-state index contributed by atoms with van der Waals surface area (Å²) < 4.78 is 2.06. The maximum Gasteiger partial charge on any atom is 0.202 e. The van der Waals surface area contributed by atoms with E-state index in [-0.39, 0.29) is 5.41 Å². The molecule has 2 aromatic heterocycles. The molecule has 4 heteroatoms. The lowest BCUT2D eigenvalue weighted by Gasteiger charge is -2.25. The average molecular weight is 274 g/mol. The van der Waals surface area contributed by atoms with Crippen molar-refractivity contribution in [2.24, 2.45) is 5.41 Å². The molecule has 4 nitrogen and oxygen atoms in total. The fourth-order valence-electron chi connectivity index (χ4n) is 2.63. The highest BCUT2D eigenvalue weighted by atomic mass is 15.2. The van der Waals surface area contributed by atoms with Crippen LogP contribution in [0.25, 0.3) is 11.2 Å². The van der Waals surface area contributed by atoms with E-state index < -0.39 is 0 Å². The summed E-state index contributed by atoms with van der Waals surface area (Å²) in [5, 5.41) is 0. The summed E-state index contributed by atoms with van der Waals surface area (Å²) in [6.07, 6.45) is 5.02. The van der Waals surface area contributed by atoms with E-state index in [1.165, 1.54) is 25.7 Å². The Balaban J connectivity index is 2.24. The average Bonchev–Trinajstić information content (AvgIpc) is 2.66. The monoisotopic (exact) mass is 274 g/mol. The van der Waals surface area contributed by atoms with E-state index in [4.69, 9.17) is 5.73 Å². The van der Waals surface area contributed by atoms with Crippen molar-refractivity contribution in [2.45, 2.75) is 59.9 Å². The lowest BCUT2D eigenvalue weighted by Crippen LogP contribution is -2.21. The molecule has 0 aliphatic carbocycles. The quantitative estimate of drug-likeness (QED) is 0.812. The summed E-state index contributed by atoms with van der Waals surface area (Å²) >= 11 is 0. The summed E-state index contributed by atoms with van der Waals surface area (Å²) in [5.74, 6) is 0.571. The van der Waals surface area contributed by atoms with Crippen molar-refractivity contribution in [3.8, 4) is 0 Å². The van der Waals surface area contributed by atoms with E-state index in [2.05, 4.69) is 35.3 Å². The molecule has 0 saturated heterocycles. The van der Waals surface area contributed by atoms with E-state index in [0.717, 1.165) is 23.4 Å². The molecule has 20 heavy (non-hydrogen) atoms. The van der Waals surface area contributed by atoms with E-state index in [1.54, 1.807) is 0 Å². The fourth-order valence-corrected chi connectivity index (χ4v) is 2.63. The minimum absolute atomic E-state index is 0.211. The Kier molecular flexibility index (Phi) is 4.31. The van der Waals surface area contributed by atoms with Crippen LogP contribution in [0.1, 0.15) is 52.1 Å². The van der Waals surface area contributed by atoms with Crippen LogP contribution in [-0.4, -0.2) is 14.5 Å². The second-order valence-corrected chi connectivity index (χ2v) is 6.47. The van der Waals surface area contributed by atoms with Gasteiger partial charge in [0.2, 0.25) is 5.95 Å². The first-order valence-electron chi connectivity index (χ1n) is 7.52. The number of anilines is 1. The Morgan fingerprint density at radius 2 is 1.95 bits per heavy atom. The molecule has 0 aromatic carbocycles. The van der Waals surface area contributed by atoms with Crippen LogP contribution in [0.15, 0.2) is 12.1 Å². The first-order valence-corrected chi connectivity index (χ1v) is 7.52. The molecule has 0 amide bonds. The van der Waals surface area contributed by atoms with Gasteiger partial charge in [0.15, 0.2) is 5.65 Å². The SMILES string of the molecule is CCCCCC(C)(C)Cn1c(N)nc2ccc(C)nc21. The lowest BCUT2D eigenvalue weighted by atomic mass is 9.87. The number of hydrogen-bond donors (Lipinski definition) is 1. The Hall–Kier alpha value is -1.58. The van der Waals surface area contributed by atoms with Gasteiger partial charge < -0.3 is 5.73 Å². The summed E-state index contributed by atoms with van der Waals surface area (Å²) in [5.41, 5.74) is 9.09. The van der Waals surface area contributed by atoms with Crippen LogP contribution >= 0.6 is 0 Å². The Morgan fingerprint density at radius 1 is 1.20 bits per heavy atom. The predicted molar refractivity (Wildman–Crippen MR) is 84.6 cm³/mol. The molecule has 110 valence electrons. The molecule has 0 atom stereocenters. The number of nitrogens with zero attached hydrogens (tertiary/aromatic N) is 3. The van der Waals surface area contributed by atoms with Gasteiger partial charge >= 0.3 is 0 Å². The van der Waals surface area contributed by atoms with Crippen molar-refractivity contribution in [3.05, 3.63) is 17.8 Å². The molecule has 2 N–H and O–H groups in total. The summed E-state index contributed by atoms with van der Waals surface area (Å²) in [7, 11) is 0. The fraction of sp³-hybridized carbons (Fsp3) is 0.625. The topological polar surface area (TPSA) is 56.7 Å². The van der Waals surface area contributed by atoms with Crippen LogP contribution in [0.5, 0.6) is 0 Å². The van der Waals surface area contributed by atoms with Crippen molar-refractivity contribution in [2.75, 3.05) is 5.73 Å². The number of fused-ring (bicyclic) bond motifs is 1. The minimum Gasteiger partial charge on any atom is -0.369 e. The number of aryl methyl sites for hydroxylation is 1. The molecule has 0 fully saturated rings. The van der Waals surface area contributed by atoms with Crippen molar-refractivity contribution >= 4 is 17.1 Å². The molecule has 0 saturated carbocycles. The Labute approximate surface area is 121 Å². The smallest absolute Gasteiger partial charge is 0.202 e. The second kappa shape index (κ2) is 5.81. The molecule has 0 unspecified atom stereocenters. The molecule has 0 bridgehead atoms. The third-order valence-corrected chi connectivity index (χ3v) is 3.80. The zero-order chi connectivity index (χ0) is 14.8. The maximum absolute atomic E-state index is 6.08. The summed E-state index contributed by atoms with van der Waals surface area (Å²) in [4.78, 5) is 9.01. The third-order valence-electron chi connectivity index (χ3n) is 3.80. The summed E-state index contributed by atoms with van der Waals surface area (Å²) in [6, 6.07) is 3.97. The molecule has 2 rings (SSSR count). The molecule has 2 heterocycles. The highest BCUT2D eigenvalue weighted by molar-refractivity contribution is 5.74. The van der Waals surface area contributed by atoms with Crippen molar-refractivity contribution in [3.63, 3.8) is 0 Å². The van der Waals surface area contributed by atoms with E-state index in [0.29, 0.717) is 5.95 Å². The van der Waals surface area contributed by atoms with Gasteiger partial charge in [0.1, 0.15) is 5.52 Å². The van der Waals surface area contributed by atoms with Gasteiger partial charge in [-0.15, -0.1) is 0 Å². The van der Waals surface area contributed by atoms with Gasteiger partial charge in [-0.05, 0) is 30.9 Å². The van der Waals surface area contributed by atoms with Crippen molar-refractivity contribution in [1.82, 2.24) is 14.5 Å². The van der Waals surface area contributed by atoms with Crippen LogP contribution in [0.4, 0.5) is 5.95 Å². The van der Waals surface area contributed by atoms with E-state index in [1.807, 2.05) is 19.1 Å². The van der Waals surface area contributed by atoms with Gasteiger partial charge in [0.05, 0.1) is 0 Å². The van der Waals surface area contributed by atoms with Crippen LogP contribution in [-0.2, 0) is 6.54 Å². The van der Waals surface area contributed by atoms with Gasteiger partial charge in [-0.25, -0.2) is 9.97 Å². The molecule has 0 aliphatic rings. The largest absolute Gasteiger partial charge is 0.369 e. The highest BCUT2D eigenvalue weighted by Crippen LogP contribution is 2.29. The van der Waals surface area contributed by atoms with Crippen LogP contribution < -0.4 is 5.73 Å². The molecule has 0 aliphatic heterocycles. The standard InChI is InChI=1S/C16H26N4/c1-5-6-7-10-16(3,4)11-20-14-13(19-15(20)17)9-8-12(2)18-14/h8-9H,5-7,10-11H2,1-4H3,(H2,17,19). The number of nitrogen functional groups attached to an aromatic ring is 1. The molecule has 0 radical (unpaired) electrons. The number of imidazole rings is 1. The van der Waals surface area contributed by atoms with Crippen LogP contribution in [0.2, 0.25) is 0 Å². The van der Waals surface area contributed by atoms with Crippen LogP contribution in [0, 0.1) is 12.3 Å². The zero-order valence-electron chi connectivity index (χ0n) is 13.1. The van der Waals surface area contributed by atoms with Crippen molar-refractivity contribution in [1.29, 1.82) is 0 Å². The Morgan fingerprint density at radius 3 is 2.65 bits per heavy atom. The van der Waals surface area contributed by atoms with Crippen molar-refractivity contribution < 1.29 is 0 Å². The van der Waals surface area contributed by atoms with Gasteiger partial charge in [-0.3, -0.25) is 4.57 Å². The van der Waals surface area contributed by atoms with Gasteiger partial charge in [0.25, 0.3) is 0 Å². The highest BCUT2D eigenvalue weighted by Gasteiger charge is 2.21. The van der Waals surface area contributed by atoms with Gasteiger partial charge in [-0.1, -0.05) is 40.0 Å². The minimum atomic E-state index is 0.211. The predicted octanol–water partition coefficient (Wildman–Crippen LogP) is 3.93. The number of pyridine rings is 1. The zero-order valence-corrected chi connectivity index (χ0v) is 13.1. The summed E-state index contributed by atoms with van der Waals surface area (Å²) in [6.45, 7) is 9.70. The first kappa shape index (κ1) is 14.8. The number of hydrogen-bond acceptors (Lipinski definition) is 3. The second-order valence-electron chi connectivity index (χ2n) is 6.47. The number of rotatable bonds is 6. The molecule has 0 spiro atoms. The number of aromatic nitrogens is 3. The maximum atomic E-state index is 6.08. The lowest BCUT2D eigenvalue weighted by molar-refractivity contribution is 0.276. The first-order chi connectivity index (χ1) is 9.43. The number of nitrogens with two attached hydrogens (primary N) is 1. The number of unbranched alkanes of at least 4 members (excludes halogenated alkanes) is 2. The third kappa shape index (κ3) is 3.30. The molecule has 2 aromatic rings. The van der Waals surface area contributed by atoms with E-state index in [9.17, 15) is 0 Å².